The molecular formula is C14H19N3O. The van der Waals surface area contributed by atoms with Crippen molar-refractivity contribution >= 4 is 0 Å². The lowest BCUT2D eigenvalue weighted by molar-refractivity contribution is 0.336. The summed E-state index contributed by atoms with van der Waals surface area (Å²) < 4.78 is 5.22. The molecule has 1 aromatic heterocycles. The van der Waals surface area contributed by atoms with Gasteiger partial charge in [-0.1, -0.05) is 35.0 Å². The summed E-state index contributed by atoms with van der Waals surface area (Å²) in [6.45, 7) is 8.94. The van der Waals surface area contributed by atoms with E-state index in [-0.39, 0.29) is 5.54 Å². The van der Waals surface area contributed by atoms with Crippen molar-refractivity contribution in [2.75, 3.05) is 0 Å². The van der Waals surface area contributed by atoms with Gasteiger partial charge in [-0.2, -0.15) is 4.98 Å². The fraction of sp³-hybridized carbons (Fsp3) is 0.429. The third-order valence-corrected chi connectivity index (χ3v) is 2.55. The van der Waals surface area contributed by atoms with E-state index in [2.05, 4.69) is 43.2 Å². The van der Waals surface area contributed by atoms with Gasteiger partial charge in [0, 0.05) is 11.1 Å². The molecule has 0 unspecified atom stereocenters. The van der Waals surface area contributed by atoms with Crippen molar-refractivity contribution in [3.8, 4) is 11.4 Å². The number of aromatic nitrogens is 2. The van der Waals surface area contributed by atoms with E-state index < -0.39 is 0 Å². The van der Waals surface area contributed by atoms with Gasteiger partial charge in [0.2, 0.25) is 11.7 Å². The van der Waals surface area contributed by atoms with Crippen LogP contribution in [0.2, 0.25) is 0 Å². The van der Waals surface area contributed by atoms with Crippen LogP contribution in [-0.2, 0) is 6.54 Å². The molecule has 2 aromatic rings. The van der Waals surface area contributed by atoms with Gasteiger partial charge in [0.05, 0.1) is 6.54 Å². The predicted molar refractivity (Wildman–Crippen MR) is 71.1 cm³/mol. The summed E-state index contributed by atoms with van der Waals surface area (Å²) in [5, 5.41) is 7.31. The van der Waals surface area contributed by atoms with E-state index in [9.17, 15) is 0 Å². The highest BCUT2D eigenvalue weighted by Gasteiger charge is 2.12. The first kappa shape index (κ1) is 12.8. The molecule has 0 atom stereocenters. The van der Waals surface area contributed by atoms with Crippen LogP contribution in [0.3, 0.4) is 0 Å². The van der Waals surface area contributed by atoms with Crippen molar-refractivity contribution in [3.05, 3.63) is 35.7 Å². The molecule has 0 amide bonds. The van der Waals surface area contributed by atoms with Gasteiger partial charge in [0.25, 0.3) is 0 Å². The average Bonchev–Trinajstić information content (AvgIpc) is 2.75. The van der Waals surface area contributed by atoms with Gasteiger partial charge in [0.1, 0.15) is 0 Å². The summed E-state index contributed by atoms with van der Waals surface area (Å²) >= 11 is 0. The maximum atomic E-state index is 5.22. The molecule has 0 radical (unpaired) electrons. The first-order valence-corrected chi connectivity index (χ1v) is 6.09. The van der Waals surface area contributed by atoms with Crippen molar-refractivity contribution in [2.24, 2.45) is 0 Å². The first-order valence-electron chi connectivity index (χ1n) is 6.09. The van der Waals surface area contributed by atoms with Crippen molar-refractivity contribution < 1.29 is 4.52 Å². The molecule has 0 bridgehead atoms. The molecule has 0 spiro atoms. The Kier molecular flexibility index (Phi) is 3.48. The van der Waals surface area contributed by atoms with Crippen LogP contribution in [-0.4, -0.2) is 15.7 Å². The molecule has 1 heterocycles. The minimum absolute atomic E-state index is 0.0402. The molecule has 1 N–H and O–H groups in total. The van der Waals surface area contributed by atoms with Crippen molar-refractivity contribution in [1.82, 2.24) is 15.5 Å². The molecule has 2 rings (SSSR count). The van der Waals surface area contributed by atoms with Gasteiger partial charge in [-0.25, -0.2) is 0 Å². The van der Waals surface area contributed by atoms with Crippen LogP contribution in [0.5, 0.6) is 0 Å². The number of nitrogens with one attached hydrogen (secondary N) is 1. The van der Waals surface area contributed by atoms with Gasteiger partial charge in [-0.05, 0) is 27.7 Å². The van der Waals surface area contributed by atoms with Crippen LogP contribution in [0.4, 0.5) is 0 Å². The number of rotatable bonds is 3. The Morgan fingerprint density at radius 2 is 1.83 bits per heavy atom. The summed E-state index contributed by atoms with van der Waals surface area (Å²) in [7, 11) is 0. The van der Waals surface area contributed by atoms with Crippen LogP contribution in [0, 0.1) is 6.92 Å². The Labute approximate surface area is 107 Å². The number of hydrogen-bond acceptors (Lipinski definition) is 4. The zero-order chi connectivity index (χ0) is 13.2. The van der Waals surface area contributed by atoms with E-state index in [1.165, 1.54) is 5.56 Å². The van der Waals surface area contributed by atoms with Gasteiger partial charge < -0.3 is 9.84 Å². The first-order chi connectivity index (χ1) is 8.44. The topological polar surface area (TPSA) is 51.0 Å². The lowest BCUT2D eigenvalue weighted by atomic mass is 10.1. The second kappa shape index (κ2) is 4.90. The van der Waals surface area contributed by atoms with Crippen LogP contribution in [0.1, 0.15) is 32.2 Å². The van der Waals surface area contributed by atoms with Gasteiger partial charge in [0.15, 0.2) is 0 Å². The third kappa shape index (κ3) is 3.40. The summed E-state index contributed by atoms with van der Waals surface area (Å²) in [5.41, 5.74) is 2.24. The van der Waals surface area contributed by atoms with Crippen LogP contribution in [0.15, 0.2) is 28.8 Å². The molecule has 0 saturated carbocycles. The maximum Gasteiger partial charge on any atom is 0.240 e. The maximum absolute atomic E-state index is 5.22. The molecule has 1 aromatic carbocycles. The number of benzene rings is 1. The van der Waals surface area contributed by atoms with E-state index in [4.69, 9.17) is 4.52 Å². The summed E-state index contributed by atoms with van der Waals surface area (Å²) in [6, 6.07) is 8.08. The predicted octanol–water partition coefficient (Wildman–Crippen LogP) is 2.93. The van der Waals surface area contributed by atoms with Gasteiger partial charge in [-0.3, -0.25) is 0 Å². The zero-order valence-electron chi connectivity index (χ0n) is 11.3. The van der Waals surface area contributed by atoms with Crippen molar-refractivity contribution in [1.29, 1.82) is 0 Å². The van der Waals surface area contributed by atoms with E-state index in [1.54, 1.807) is 0 Å². The smallest absolute Gasteiger partial charge is 0.240 e. The Bertz CT molecular complexity index is 509. The number of aryl methyl sites for hydroxylation is 1. The molecule has 0 saturated heterocycles. The summed E-state index contributed by atoms with van der Waals surface area (Å²) in [5.74, 6) is 1.25. The van der Waals surface area contributed by atoms with Crippen LogP contribution >= 0.6 is 0 Å². The third-order valence-electron chi connectivity index (χ3n) is 2.55. The van der Waals surface area contributed by atoms with Crippen LogP contribution < -0.4 is 5.32 Å². The number of nitrogens with zero attached hydrogens (tertiary/aromatic N) is 2. The van der Waals surface area contributed by atoms with Gasteiger partial charge in [-0.15, -0.1) is 0 Å². The molecule has 18 heavy (non-hydrogen) atoms. The highest BCUT2D eigenvalue weighted by molar-refractivity contribution is 5.54. The lowest BCUT2D eigenvalue weighted by Gasteiger charge is -2.18. The molecule has 0 aliphatic carbocycles. The molecule has 4 heteroatoms. The molecule has 0 fully saturated rings. The zero-order valence-corrected chi connectivity index (χ0v) is 11.3. The summed E-state index contributed by atoms with van der Waals surface area (Å²) in [4.78, 5) is 4.37. The lowest BCUT2D eigenvalue weighted by Crippen LogP contribution is -2.35. The van der Waals surface area contributed by atoms with Crippen molar-refractivity contribution in [2.45, 2.75) is 39.8 Å². The molecule has 0 aliphatic rings. The van der Waals surface area contributed by atoms with E-state index in [0.717, 1.165) is 5.56 Å². The fourth-order valence-electron chi connectivity index (χ4n) is 1.49. The Hall–Kier alpha value is -1.68. The molecular weight excluding hydrogens is 226 g/mol. The molecule has 96 valence electrons. The minimum Gasteiger partial charge on any atom is -0.338 e. The Morgan fingerprint density at radius 1 is 1.17 bits per heavy atom. The standard InChI is InChI=1S/C14H19N3O/c1-10-5-7-11(8-6-10)13-16-12(18-17-13)9-15-14(2,3)4/h5-8,15H,9H2,1-4H3. The quantitative estimate of drug-likeness (QED) is 0.903. The van der Waals surface area contributed by atoms with Gasteiger partial charge >= 0.3 is 0 Å². The molecule has 4 nitrogen and oxygen atoms in total. The van der Waals surface area contributed by atoms with E-state index in [0.29, 0.717) is 18.3 Å². The second-order valence-corrected chi connectivity index (χ2v) is 5.48. The van der Waals surface area contributed by atoms with Crippen molar-refractivity contribution in [3.63, 3.8) is 0 Å². The Balaban J connectivity index is 2.08. The normalized spacial score (nSPS) is 11.8. The van der Waals surface area contributed by atoms with Crippen LogP contribution in [0.25, 0.3) is 11.4 Å². The highest BCUT2D eigenvalue weighted by atomic mass is 16.5. The second-order valence-electron chi connectivity index (χ2n) is 5.48. The SMILES string of the molecule is Cc1ccc(-c2noc(CNC(C)(C)C)n2)cc1. The average molecular weight is 245 g/mol. The monoisotopic (exact) mass is 245 g/mol. The minimum atomic E-state index is 0.0402. The highest BCUT2D eigenvalue weighted by Crippen LogP contribution is 2.16. The fourth-order valence-corrected chi connectivity index (χ4v) is 1.49. The molecule has 0 aliphatic heterocycles. The van der Waals surface area contributed by atoms with E-state index >= 15 is 0 Å². The largest absolute Gasteiger partial charge is 0.338 e. The van der Waals surface area contributed by atoms with E-state index in [1.807, 2.05) is 24.3 Å². The number of hydrogen-bond donors (Lipinski definition) is 1. The Morgan fingerprint density at radius 3 is 2.44 bits per heavy atom. The summed E-state index contributed by atoms with van der Waals surface area (Å²) in [6.07, 6.45) is 0.